The number of methoxy groups -OCH3 is 1. The molecular weight excluding hydrogens is 254 g/mol. The van der Waals surface area contributed by atoms with Crippen LogP contribution in [0.4, 0.5) is 0 Å². The summed E-state index contributed by atoms with van der Waals surface area (Å²) in [5, 5.41) is 9.49. The Balaban J connectivity index is 2.34. The van der Waals surface area contributed by atoms with Crippen LogP contribution in [0.25, 0.3) is 0 Å². The lowest BCUT2D eigenvalue weighted by Crippen LogP contribution is -2.31. The molecule has 110 valence electrons. The van der Waals surface area contributed by atoms with Gasteiger partial charge in [-0.05, 0) is 43.2 Å². The quantitative estimate of drug-likeness (QED) is 0.917. The first-order chi connectivity index (χ1) is 9.54. The number of hydrogen-bond acceptors (Lipinski definition) is 3. The molecule has 1 fully saturated rings. The van der Waals surface area contributed by atoms with Crippen molar-refractivity contribution in [1.29, 1.82) is 0 Å². The first-order valence-corrected chi connectivity index (χ1v) is 7.26. The molecule has 0 bridgehead atoms. The van der Waals surface area contributed by atoms with Crippen molar-refractivity contribution in [1.82, 2.24) is 4.98 Å². The summed E-state index contributed by atoms with van der Waals surface area (Å²) in [6.07, 6.45) is 4.31. The number of carboxylic acids is 1. The minimum atomic E-state index is -0.718. The maximum absolute atomic E-state index is 11.5. The summed E-state index contributed by atoms with van der Waals surface area (Å²) < 4.78 is 5.37. The van der Waals surface area contributed by atoms with Crippen LogP contribution in [0.5, 0.6) is 5.75 Å². The fraction of sp³-hybridized carbons (Fsp3) is 0.625. The Kier molecular flexibility index (Phi) is 4.63. The van der Waals surface area contributed by atoms with Gasteiger partial charge in [-0.1, -0.05) is 13.8 Å². The van der Waals surface area contributed by atoms with E-state index in [0.29, 0.717) is 17.6 Å². The van der Waals surface area contributed by atoms with Crippen molar-refractivity contribution in [3.8, 4) is 5.75 Å². The first kappa shape index (κ1) is 14.8. The molecule has 0 amide bonds. The van der Waals surface area contributed by atoms with Crippen LogP contribution in [0, 0.1) is 17.8 Å². The highest BCUT2D eigenvalue weighted by molar-refractivity contribution is 5.71. The molecule has 1 N–H and O–H groups in total. The van der Waals surface area contributed by atoms with E-state index in [4.69, 9.17) is 4.74 Å². The van der Waals surface area contributed by atoms with Crippen molar-refractivity contribution in [2.24, 2.45) is 17.8 Å². The van der Waals surface area contributed by atoms with E-state index in [2.05, 4.69) is 18.8 Å². The number of nitrogens with zero attached hydrogens (tertiary/aromatic N) is 1. The van der Waals surface area contributed by atoms with E-state index in [9.17, 15) is 9.90 Å². The van der Waals surface area contributed by atoms with Crippen LogP contribution in [0.1, 0.15) is 44.7 Å². The monoisotopic (exact) mass is 277 g/mol. The Bertz CT molecular complexity index is 473. The molecule has 0 aromatic carbocycles. The second kappa shape index (κ2) is 6.25. The number of carbonyl (C=O) groups is 1. The summed E-state index contributed by atoms with van der Waals surface area (Å²) in [6.45, 7) is 4.41. The summed E-state index contributed by atoms with van der Waals surface area (Å²) >= 11 is 0. The molecule has 1 aromatic rings. The molecular formula is C16H23NO3. The van der Waals surface area contributed by atoms with Crippen LogP contribution in [0.15, 0.2) is 18.3 Å². The molecule has 1 aliphatic carbocycles. The van der Waals surface area contributed by atoms with E-state index in [1.54, 1.807) is 13.3 Å². The van der Waals surface area contributed by atoms with E-state index in [-0.39, 0.29) is 11.8 Å². The number of carboxylic acid groups (broad SMARTS) is 1. The Morgan fingerprint density at radius 2 is 2.20 bits per heavy atom. The van der Waals surface area contributed by atoms with Gasteiger partial charge < -0.3 is 9.84 Å². The van der Waals surface area contributed by atoms with E-state index in [1.807, 2.05) is 12.1 Å². The average Bonchev–Trinajstić information content (AvgIpc) is 2.46. The molecule has 1 aromatic heterocycles. The molecule has 0 spiro atoms. The topological polar surface area (TPSA) is 59.4 Å². The molecule has 1 aliphatic rings. The summed E-state index contributed by atoms with van der Waals surface area (Å²) in [6, 6.07) is 3.68. The lowest BCUT2D eigenvalue weighted by Gasteiger charge is -2.36. The van der Waals surface area contributed by atoms with Gasteiger partial charge in [0.05, 0.1) is 18.7 Å². The predicted molar refractivity (Wildman–Crippen MR) is 76.8 cm³/mol. The van der Waals surface area contributed by atoms with Crippen LogP contribution >= 0.6 is 0 Å². The largest absolute Gasteiger partial charge is 0.495 e. The van der Waals surface area contributed by atoms with Gasteiger partial charge in [0.2, 0.25) is 0 Å². The average molecular weight is 277 g/mol. The van der Waals surface area contributed by atoms with Gasteiger partial charge in [0.25, 0.3) is 0 Å². The molecule has 0 aliphatic heterocycles. The van der Waals surface area contributed by atoms with Gasteiger partial charge in [-0.15, -0.1) is 0 Å². The van der Waals surface area contributed by atoms with Crippen molar-refractivity contribution in [2.45, 2.75) is 39.0 Å². The normalized spacial score (nSPS) is 26.5. The molecule has 2 rings (SSSR count). The molecule has 1 saturated carbocycles. The minimum absolute atomic E-state index is 0.0511. The SMILES string of the molecule is COc1cccnc1C1CC(C(C)C)CCC1C(=O)O. The van der Waals surface area contributed by atoms with Gasteiger partial charge in [-0.2, -0.15) is 0 Å². The number of aliphatic carboxylic acids is 1. The molecule has 3 unspecified atom stereocenters. The van der Waals surface area contributed by atoms with Crippen molar-refractivity contribution < 1.29 is 14.6 Å². The van der Waals surface area contributed by atoms with E-state index >= 15 is 0 Å². The minimum Gasteiger partial charge on any atom is -0.495 e. The maximum Gasteiger partial charge on any atom is 0.307 e. The Morgan fingerprint density at radius 1 is 1.45 bits per heavy atom. The number of ether oxygens (including phenoxy) is 1. The molecule has 0 radical (unpaired) electrons. The van der Waals surface area contributed by atoms with Gasteiger partial charge >= 0.3 is 5.97 Å². The zero-order valence-electron chi connectivity index (χ0n) is 12.4. The molecule has 1 heterocycles. The van der Waals surface area contributed by atoms with Crippen LogP contribution in [0.3, 0.4) is 0 Å². The Labute approximate surface area is 120 Å². The molecule has 4 heteroatoms. The van der Waals surface area contributed by atoms with Crippen LogP contribution in [0.2, 0.25) is 0 Å². The Morgan fingerprint density at radius 3 is 2.80 bits per heavy atom. The molecule has 0 saturated heterocycles. The third-order valence-corrected chi connectivity index (χ3v) is 4.52. The smallest absolute Gasteiger partial charge is 0.307 e. The zero-order chi connectivity index (χ0) is 14.7. The lowest BCUT2D eigenvalue weighted by molar-refractivity contribution is -0.144. The van der Waals surface area contributed by atoms with E-state index < -0.39 is 5.97 Å². The highest BCUT2D eigenvalue weighted by atomic mass is 16.5. The zero-order valence-corrected chi connectivity index (χ0v) is 12.4. The highest BCUT2D eigenvalue weighted by Gasteiger charge is 2.38. The van der Waals surface area contributed by atoms with Crippen LogP contribution in [-0.2, 0) is 4.79 Å². The maximum atomic E-state index is 11.5. The van der Waals surface area contributed by atoms with Gasteiger partial charge in [-0.25, -0.2) is 0 Å². The van der Waals surface area contributed by atoms with Crippen molar-refractivity contribution in [3.05, 3.63) is 24.0 Å². The second-order valence-electron chi connectivity index (χ2n) is 5.96. The van der Waals surface area contributed by atoms with Crippen molar-refractivity contribution in [3.63, 3.8) is 0 Å². The Hall–Kier alpha value is -1.58. The summed E-state index contributed by atoms with van der Waals surface area (Å²) in [4.78, 5) is 16.0. The first-order valence-electron chi connectivity index (χ1n) is 7.26. The predicted octanol–water partition coefficient (Wildman–Crippen LogP) is 3.33. The highest BCUT2D eigenvalue weighted by Crippen LogP contribution is 2.44. The lowest BCUT2D eigenvalue weighted by atomic mass is 9.69. The van der Waals surface area contributed by atoms with Crippen molar-refractivity contribution in [2.75, 3.05) is 7.11 Å². The summed E-state index contributed by atoms with van der Waals surface area (Å²) in [5.41, 5.74) is 0.799. The fourth-order valence-electron chi connectivity index (χ4n) is 3.26. The van der Waals surface area contributed by atoms with Gasteiger partial charge in [0.1, 0.15) is 5.75 Å². The van der Waals surface area contributed by atoms with Crippen LogP contribution < -0.4 is 4.74 Å². The van der Waals surface area contributed by atoms with Gasteiger partial charge in [0, 0.05) is 12.1 Å². The summed E-state index contributed by atoms with van der Waals surface area (Å²) in [5.74, 6) is 0.709. The third-order valence-electron chi connectivity index (χ3n) is 4.52. The van der Waals surface area contributed by atoms with Crippen LogP contribution in [-0.4, -0.2) is 23.2 Å². The summed E-state index contributed by atoms with van der Waals surface area (Å²) in [7, 11) is 1.61. The number of pyridine rings is 1. The standard InChI is InChI=1S/C16H23NO3/c1-10(2)11-6-7-12(16(18)19)13(9-11)15-14(20-3)5-4-8-17-15/h4-5,8,10-13H,6-7,9H2,1-3H3,(H,18,19). The fourth-order valence-corrected chi connectivity index (χ4v) is 3.26. The van der Waals surface area contributed by atoms with Crippen molar-refractivity contribution >= 4 is 5.97 Å². The van der Waals surface area contributed by atoms with E-state index in [0.717, 1.165) is 25.0 Å². The second-order valence-corrected chi connectivity index (χ2v) is 5.96. The van der Waals surface area contributed by atoms with Gasteiger partial charge in [-0.3, -0.25) is 9.78 Å². The molecule has 4 nitrogen and oxygen atoms in total. The number of rotatable bonds is 4. The molecule has 3 atom stereocenters. The number of aromatic nitrogens is 1. The van der Waals surface area contributed by atoms with Gasteiger partial charge in [0.15, 0.2) is 0 Å². The van der Waals surface area contributed by atoms with E-state index in [1.165, 1.54) is 0 Å². The molecule has 20 heavy (non-hydrogen) atoms. The third kappa shape index (κ3) is 2.94. The number of hydrogen-bond donors (Lipinski definition) is 1.